The molecule has 40 heavy (non-hydrogen) atoms. The predicted molar refractivity (Wildman–Crippen MR) is 147 cm³/mol. The van der Waals surface area contributed by atoms with Crippen LogP contribution in [0.25, 0.3) is 10.8 Å². The summed E-state index contributed by atoms with van der Waals surface area (Å²) in [4.78, 5) is 47.6. The van der Waals surface area contributed by atoms with E-state index in [1.54, 1.807) is 18.0 Å². The molecule has 9 nitrogen and oxygen atoms in total. The predicted octanol–water partition coefficient (Wildman–Crippen LogP) is 5.44. The highest BCUT2D eigenvalue weighted by molar-refractivity contribution is 7.20. The minimum atomic E-state index is -1.44. The Hall–Kier alpha value is -3.34. The SMILES string of the molecule is Cc1c(-c2ncco2)sc2c1C(=O)C1(CCC(C)(C(=O)O)C1)C(=O)N2CC(OC1CCOCC1)c1ccccc1. The molecule has 3 aromatic rings. The number of nitrogens with zero attached hydrogens (tertiary/aromatic N) is 2. The molecule has 6 rings (SSSR count). The molecule has 1 amide bonds. The fourth-order valence-corrected chi connectivity index (χ4v) is 7.60. The number of carboxylic acids is 1. The molecule has 10 heteroatoms. The number of amides is 1. The number of hydrogen-bond donors (Lipinski definition) is 1. The number of thiophene rings is 1. The number of ether oxygens (including phenoxy) is 2. The first-order valence-electron chi connectivity index (χ1n) is 13.6. The van der Waals surface area contributed by atoms with Crippen molar-refractivity contribution in [1.29, 1.82) is 0 Å². The Labute approximate surface area is 236 Å². The van der Waals surface area contributed by atoms with Crippen LogP contribution < -0.4 is 4.90 Å². The van der Waals surface area contributed by atoms with E-state index in [2.05, 4.69) is 4.98 Å². The molecular weight excluding hydrogens is 532 g/mol. The van der Waals surface area contributed by atoms with Crippen LogP contribution in [-0.2, 0) is 19.1 Å². The number of carbonyl (C=O) groups is 3. The van der Waals surface area contributed by atoms with Gasteiger partial charge in [-0.15, -0.1) is 11.3 Å². The fourth-order valence-electron chi connectivity index (χ4n) is 6.34. The molecule has 2 aromatic heterocycles. The minimum absolute atomic E-state index is 0.0244. The molecule has 2 aliphatic heterocycles. The number of oxazole rings is 1. The van der Waals surface area contributed by atoms with Crippen molar-refractivity contribution in [3.63, 3.8) is 0 Å². The number of aliphatic carboxylic acids is 1. The molecular formula is C30H32N2O7S. The van der Waals surface area contributed by atoms with Crippen molar-refractivity contribution in [2.45, 2.75) is 58.2 Å². The summed E-state index contributed by atoms with van der Waals surface area (Å²) in [6, 6.07) is 9.78. The number of benzene rings is 1. The van der Waals surface area contributed by atoms with Gasteiger partial charge in [-0.3, -0.25) is 19.3 Å². The molecule has 1 N–H and O–H groups in total. The summed E-state index contributed by atoms with van der Waals surface area (Å²) in [5.41, 5.74) is -0.543. The molecule has 3 atom stereocenters. The topological polar surface area (TPSA) is 119 Å². The van der Waals surface area contributed by atoms with Gasteiger partial charge in [0.1, 0.15) is 22.8 Å². The van der Waals surface area contributed by atoms with Crippen LogP contribution in [0.2, 0.25) is 0 Å². The Morgan fingerprint density at radius 1 is 1.23 bits per heavy atom. The second kappa shape index (κ2) is 10.2. The van der Waals surface area contributed by atoms with E-state index in [-0.39, 0.29) is 43.6 Å². The summed E-state index contributed by atoms with van der Waals surface area (Å²) in [6.07, 6.45) is 4.45. The molecule has 4 heterocycles. The molecule has 0 radical (unpaired) electrons. The maximum atomic E-state index is 14.5. The zero-order valence-corrected chi connectivity index (χ0v) is 23.4. The standard InChI is InChI=1S/C30H32N2O7S/c1-18-22-24(33)30(11-10-29(2,17-30)28(35)36)27(34)32(26(22)40-23(18)25-31-12-15-38-25)16-21(19-6-4-3-5-7-19)39-20-8-13-37-14-9-20/h3-7,12,15,20-21H,8-11,13-14,16-17H2,1-2H3,(H,35,36). The summed E-state index contributed by atoms with van der Waals surface area (Å²) in [5, 5.41) is 10.5. The van der Waals surface area contributed by atoms with Gasteiger partial charge in [-0.1, -0.05) is 30.3 Å². The van der Waals surface area contributed by atoms with E-state index in [9.17, 15) is 19.5 Å². The molecule has 1 aromatic carbocycles. The molecule has 210 valence electrons. The molecule has 1 saturated heterocycles. The van der Waals surface area contributed by atoms with Crippen molar-refractivity contribution in [2.75, 3.05) is 24.7 Å². The Bertz CT molecular complexity index is 1430. The molecule has 3 aliphatic rings. The van der Waals surface area contributed by atoms with E-state index in [1.165, 1.54) is 17.6 Å². The normalized spacial score (nSPS) is 25.9. The van der Waals surface area contributed by atoms with Gasteiger partial charge in [0.25, 0.3) is 0 Å². The Morgan fingerprint density at radius 3 is 2.62 bits per heavy atom. The largest absolute Gasteiger partial charge is 0.481 e. The quantitative estimate of drug-likeness (QED) is 0.377. The molecule has 2 fully saturated rings. The van der Waals surface area contributed by atoms with Gasteiger partial charge in [-0.25, -0.2) is 4.98 Å². The summed E-state index contributed by atoms with van der Waals surface area (Å²) in [7, 11) is 0. The van der Waals surface area contributed by atoms with Crippen LogP contribution in [0, 0.1) is 17.8 Å². The smallest absolute Gasteiger partial charge is 0.309 e. The van der Waals surface area contributed by atoms with Crippen molar-refractivity contribution in [3.05, 3.63) is 59.5 Å². The van der Waals surface area contributed by atoms with Gasteiger partial charge < -0.3 is 19.0 Å². The van der Waals surface area contributed by atoms with Crippen LogP contribution in [0.1, 0.15) is 66.6 Å². The van der Waals surface area contributed by atoms with Gasteiger partial charge in [-0.05, 0) is 57.1 Å². The molecule has 1 saturated carbocycles. The Morgan fingerprint density at radius 2 is 1.98 bits per heavy atom. The summed E-state index contributed by atoms with van der Waals surface area (Å²) in [6.45, 7) is 4.90. The van der Waals surface area contributed by atoms with E-state index in [4.69, 9.17) is 13.9 Å². The summed E-state index contributed by atoms with van der Waals surface area (Å²) in [5.74, 6) is -1.27. The van der Waals surface area contributed by atoms with Gasteiger partial charge >= 0.3 is 5.97 Å². The number of rotatable bonds is 7. The second-order valence-corrected chi connectivity index (χ2v) is 12.3. The summed E-state index contributed by atoms with van der Waals surface area (Å²) >= 11 is 1.30. The van der Waals surface area contributed by atoms with Crippen LogP contribution in [0.4, 0.5) is 5.00 Å². The first-order chi connectivity index (χ1) is 19.2. The fraction of sp³-hybridized carbons (Fsp3) is 0.467. The number of hydrogen-bond acceptors (Lipinski definition) is 8. The van der Waals surface area contributed by atoms with Crippen LogP contribution in [-0.4, -0.2) is 53.6 Å². The lowest BCUT2D eigenvalue weighted by atomic mass is 9.72. The summed E-state index contributed by atoms with van der Waals surface area (Å²) < 4.78 is 17.7. The van der Waals surface area contributed by atoms with Crippen molar-refractivity contribution < 1.29 is 33.4 Å². The van der Waals surface area contributed by atoms with Gasteiger partial charge in [0.15, 0.2) is 5.78 Å². The molecule has 1 spiro atoms. The number of carboxylic acid groups (broad SMARTS) is 1. The number of ketones is 1. The van der Waals surface area contributed by atoms with E-state index < -0.39 is 22.9 Å². The van der Waals surface area contributed by atoms with Gasteiger partial charge in [-0.2, -0.15) is 0 Å². The third-order valence-electron chi connectivity index (χ3n) is 8.67. The van der Waals surface area contributed by atoms with Crippen LogP contribution in [0.15, 0.2) is 47.2 Å². The van der Waals surface area contributed by atoms with Crippen LogP contribution in [0.3, 0.4) is 0 Å². The van der Waals surface area contributed by atoms with Crippen molar-refractivity contribution in [3.8, 4) is 10.8 Å². The lowest BCUT2D eigenvalue weighted by Crippen LogP contribution is -2.53. The third-order valence-corrected chi connectivity index (χ3v) is 9.98. The zero-order valence-electron chi connectivity index (χ0n) is 22.6. The highest BCUT2D eigenvalue weighted by atomic mass is 32.1. The second-order valence-electron chi connectivity index (χ2n) is 11.3. The highest BCUT2D eigenvalue weighted by Gasteiger charge is 2.62. The maximum absolute atomic E-state index is 14.5. The van der Waals surface area contributed by atoms with Crippen molar-refractivity contribution >= 4 is 34.0 Å². The molecule has 1 aliphatic carbocycles. The van der Waals surface area contributed by atoms with E-state index in [1.807, 2.05) is 37.3 Å². The van der Waals surface area contributed by atoms with Crippen molar-refractivity contribution in [2.24, 2.45) is 10.8 Å². The highest BCUT2D eigenvalue weighted by Crippen LogP contribution is 2.58. The number of aromatic nitrogens is 1. The first-order valence-corrected chi connectivity index (χ1v) is 14.5. The van der Waals surface area contributed by atoms with Crippen LogP contribution in [0.5, 0.6) is 0 Å². The van der Waals surface area contributed by atoms with E-state index in [0.717, 1.165) is 18.4 Å². The van der Waals surface area contributed by atoms with Gasteiger partial charge in [0.05, 0.1) is 34.7 Å². The third kappa shape index (κ3) is 4.38. The maximum Gasteiger partial charge on any atom is 0.309 e. The average molecular weight is 565 g/mol. The van der Waals surface area contributed by atoms with Crippen LogP contribution >= 0.6 is 11.3 Å². The number of carbonyl (C=O) groups excluding carboxylic acids is 2. The molecule has 3 unspecified atom stereocenters. The minimum Gasteiger partial charge on any atom is -0.481 e. The van der Waals surface area contributed by atoms with Crippen molar-refractivity contribution in [1.82, 2.24) is 4.98 Å². The van der Waals surface area contributed by atoms with E-state index in [0.29, 0.717) is 40.1 Å². The number of fused-ring (bicyclic) bond motifs is 1. The van der Waals surface area contributed by atoms with Gasteiger partial charge in [0.2, 0.25) is 11.8 Å². The Balaban J connectivity index is 1.45. The van der Waals surface area contributed by atoms with Gasteiger partial charge in [0, 0.05) is 13.2 Å². The number of Topliss-reactive ketones (excluding diaryl/α,β-unsaturated/α-hetero) is 1. The monoisotopic (exact) mass is 564 g/mol. The lowest BCUT2D eigenvalue weighted by Gasteiger charge is -2.40. The number of anilines is 1. The average Bonchev–Trinajstić information content (AvgIpc) is 3.70. The molecule has 0 bridgehead atoms. The Kier molecular flexibility index (Phi) is 6.88. The zero-order chi connectivity index (χ0) is 28.1. The van der Waals surface area contributed by atoms with E-state index >= 15 is 0 Å². The first kappa shape index (κ1) is 26.9. The lowest BCUT2D eigenvalue weighted by molar-refractivity contribution is -0.148.